The van der Waals surface area contributed by atoms with Crippen LogP contribution in [0, 0.1) is 5.92 Å². The van der Waals surface area contributed by atoms with E-state index in [0.29, 0.717) is 30.5 Å². The molecule has 0 radical (unpaired) electrons. The normalized spacial score (nSPS) is 19.0. The van der Waals surface area contributed by atoms with E-state index < -0.39 is 0 Å². The Balaban J connectivity index is 0.00000243. The van der Waals surface area contributed by atoms with Crippen LogP contribution in [0.3, 0.4) is 0 Å². The van der Waals surface area contributed by atoms with E-state index in [0.717, 1.165) is 31.4 Å². The molecule has 1 saturated carbocycles. The van der Waals surface area contributed by atoms with E-state index in [9.17, 15) is 4.79 Å². The Morgan fingerprint density at radius 3 is 2.81 bits per heavy atom. The molecule has 0 bridgehead atoms. The van der Waals surface area contributed by atoms with Gasteiger partial charge in [0, 0.05) is 6.04 Å². The Bertz CT molecular complexity index is 705. The molecule has 3 rings (SSSR count). The molecule has 1 heterocycles. The van der Waals surface area contributed by atoms with Crippen molar-refractivity contribution in [3.05, 3.63) is 42.2 Å². The van der Waals surface area contributed by atoms with Gasteiger partial charge in [0.1, 0.15) is 0 Å². The van der Waals surface area contributed by atoms with Crippen molar-refractivity contribution in [3.8, 4) is 11.4 Å². The van der Waals surface area contributed by atoms with Gasteiger partial charge in [-0.15, -0.1) is 12.4 Å². The van der Waals surface area contributed by atoms with Gasteiger partial charge in [0.15, 0.2) is 11.4 Å². The second-order valence-corrected chi connectivity index (χ2v) is 6.48. The quantitative estimate of drug-likeness (QED) is 0.776. The number of aromatic nitrogens is 2. The molecule has 2 atom stereocenters. The maximum Gasteiger partial charge on any atom is 0.275 e. The van der Waals surface area contributed by atoms with E-state index in [2.05, 4.69) is 10.4 Å². The first-order chi connectivity index (χ1) is 12.2. The lowest BCUT2D eigenvalue weighted by Gasteiger charge is -2.19. The first-order valence-corrected chi connectivity index (χ1v) is 9.01. The second kappa shape index (κ2) is 9.59. The molecule has 0 aliphatic heterocycles. The van der Waals surface area contributed by atoms with Crippen LogP contribution in [0.25, 0.3) is 5.69 Å². The van der Waals surface area contributed by atoms with Crippen LogP contribution >= 0.6 is 12.4 Å². The molecule has 3 N–H and O–H groups in total. The lowest BCUT2D eigenvalue weighted by Crippen LogP contribution is -2.40. The molecule has 142 valence electrons. The van der Waals surface area contributed by atoms with Crippen molar-refractivity contribution in [3.63, 3.8) is 0 Å². The minimum atomic E-state index is -0.189. The SMILES string of the molecule is CCCOc1cn(-c2ccccc2)nc1C(=O)NC1CCCC1CN.Cl. The van der Waals surface area contributed by atoms with E-state index in [1.54, 1.807) is 10.9 Å². The highest BCUT2D eigenvalue weighted by atomic mass is 35.5. The topological polar surface area (TPSA) is 82.2 Å². The third kappa shape index (κ3) is 4.56. The van der Waals surface area contributed by atoms with Crippen molar-refractivity contribution >= 4 is 18.3 Å². The monoisotopic (exact) mass is 378 g/mol. The summed E-state index contributed by atoms with van der Waals surface area (Å²) in [5.74, 6) is 0.678. The van der Waals surface area contributed by atoms with E-state index in [1.165, 1.54) is 0 Å². The molecular formula is C19H27ClN4O2. The van der Waals surface area contributed by atoms with Gasteiger partial charge in [0.05, 0.1) is 18.5 Å². The molecule has 6 nitrogen and oxygen atoms in total. The van der Waals surface area contributed by atoms with E-state index in [4.69, 9.17) is 10.5 Å². The Kier molecular flexibility index (Phi) is 7.48. The summed E-state index contributed by atoms with van der Waals surface area (Å²) in [7, 11) is 0. The zero-order valence-corrected chi connectivity index (χ0v) is 15.9. The summed E-state index contributed by atoms with van der Waals surface area (Å²) in [6, 6.07) is 9.83. The fourth-order valence-corrected chi connectivity index (χ4v) is 3.29. The molecule has 26 heavy (non-hydrogen) atoms. The number of hydrogen-bond acceptors (Lipinski definition) is 4. The Labute approximate surface area is 160 Å². The van der Waals surface area contributed by atoms with E-state index in [1.807, 2.05) is 37.3 Å². The number of benzene rings is 1. The number of carbonyl (C=O) groups excluding carboxylic acids is 1. The summed E-state index contributed by atoms with van der Waals surface area (Å²) in [5, 5.41) is 7.58. The number of ether oxygens (including phenoxy) is 1. The third-order valence-electron chi connectivity index (χ3n) is 4.66. The number of nitrogens with two attached hydrogens (primary N) is 1. The fourth-order valence-electron chi connectivity index (χ4n) is 3.29. The molecular weight excluding hydrogens is 352 g/mol. The highest BCUT2D eigenvalue weighted by Crippen LogP contribution is 2.26. The van der Waals surface area contributed by atoms with Crippen LogP contribution in [0.4, 0.5) is 0 Å². The molecule has 1 aliphatic carbocycles. The smallest absolute Gasteiger partial charge is 0.275 e. The standard InChI is InChI=1S/C19H26N4O2.ClH/c1-2-11-25-17-13-23(15-8-4-3-5-9-15)22-18(17)19(24)21-16-10-6-7-14(16)12-20;/h3-5,8-9,13-14,16H,2,6-7,10-12,20H2,1H3,(H,21,24);1H. The summed E-state index contributed by atoms with van der Waals surface area (Å²) >= 11 is 0. The average Bonchev–Trinajstić information content (AvgIpc) is 3.27. The summed E-state index contributed by atoms with van der Waals surface area (Å²) in [6.07, 6.45) is 5.78. The zero-order valence-electron chi connectivity index (χ0n) is 15.1. The molecule has 7 heteroatoms. The van der Waals surface area contributed by atoms with Gasteiger partial charge in [-0.25, -0.2) is 4.68 Å². The van der Waals surface area contributed by atoms with Crippen molar-refractivity contribution in [2.45, 2.75) is 38.6 Å². The lowest BCUT2D eigenvalue weighted by molar-refractivity contribution is 0.0919. The number of nitrogens with one attached hydrogen (secondary N) is 1. The van der Waals surface area contributed by atoms with Crippen molar-refractivity contribution < 1.29 is 9.53 Å². The maximum absolute atomic E-state index is 12.8. The molecule has 1 amide bonds. The van der Waals surface area contributed by atoms with Crippen LogP contribution in [0.15, 0.2) is 36.5 Å². The Morgan fingerprint density at radius 1 is 1.35 bits per heavy atom. The second-order valence-electron chi connectivity index (χ2n) is 6.48. The predicted octanol–water partition coefficient (Wildman–Crippen LogP) is 2.94. The Hall–Kier alpha value is -2.05. The van der Waals surface area contributed by atoms with Gasteiger partial charge >= 0.3 is 0 Å². The summed E-state index contributed by atoms with van der Waals surface area (Å²) < 4.78 is 7.45. The van der Waals surface area contributed by atoms with E-state index >= 15 is 0 Å². The number of rotatable bonds is 7. The van der Waals surface area contributed by atoms with E-state index in [-0.39, 0.29) is 24.4 Å². The highest BCUT2D eigenvalue weighted by Gasteiger charge is 2.29. The van der Waals surface area contributed by atoms with Gasteiger partial charge in [-0.2, -0.15) is 5.10 Å². The number of amides is 1. The highest BCUT2D eigenvalue weighted by molar-refractivity contribution is 5.95. The van der Waals surface area contributed by atoms with Crippen molar-refractivity contribution in [1.29, 1.82) is 0 Å². The minimum absolute atomic E-state index is 0. The van der Waals surface area contributed by atoms with Crippen LogP contribution in [0.5, 0.6) is 5.75 Å². The lowest BCUT2D eigenvalue weighted by atomic mass is 10.0. The first-order valence-electron chi connectivity index (χ1n) is 9.01. The molecule has 0 spiro atoms. The number of hydrogen-bond donors (Lipinski definition) is 2. The molecule has 1 aromatic heterocycles. The van der Waals surface area contributed by atoms with Crippen molar-refractivity contribution in [2.24, 2.45) is 11.7 Å². The maximum atomic E-state index is 12.8. The van der Waals surface area contributed by atoms with Crippen molar-refractivity contribution in [1.82, 2.24) is 15.1 Å². The summed E-state index contributed by atoms with van der Waals surface area (Å²) in [6.45, 7) is 3.18. The summed E-state index contributed by atoms with van der Waals surface area (Å²) in [4.78, 5) is 12.8. The molecule has 0 saturated heterocycles. The molecule has 2 unspecified atom stereocenters. The summed E-state index contributed by atoms with van der Waals surface area (Å²) in [5.41, 5.74) is 7.04. The van der Waals surface area contributed by atoms with Crippen LogP contribution in [-0.2, 0) is 0 Å². The molecule has 1 aliphatic rings. The van der Waals surface area contributed by atoms with Gasteiger partial charge in [0.25, 0.3) is 5.91 Å². The number of nitrogens with zero attached hydrogens (tertiary/aromatic N) is 2. The van der Waals surface area contributed by atoms with Crippen LogP contribution < -0.4 is 15.8 Å². The van der Waals surface area contributed by atoms with Gasteiger partial charge in [0.2, 0.25) is 0 Å². The molecule has 2 aromatic rings. The third-order valence-corrected chi connectivity index (χ3v) is 4.66. The number of carbonyl (C=O) groups is 1. The number of para-hydroxylation sites is 1. The van der Waals surface area contributed by atoms with Crippen molar-refractivity contribution in [2.75, 3.05) is 13.2 Å². The zero-order chi connectivity index (χ0) is 17.6. The van der Waals surface area contributed by atoms with Gasteiger partial charge < -0.3 is 15.8 Å². The molecule has 1 aromatic carbocycles. The largest absolute Gasteiger partial charge is 0.489 e. The van der Waals surface area contributed by atoms with Gasteiger partial charge in [-0.3, -0.25) is 4.79 Å². The van der Waals surface area contributed by atoms with Crippen LogP contribution in [0.2, 0.25) is 0 Å². The first kappa shape index (κ1) is 20.3. The minimum Gasteiger partial charge on any atom is -0.489 e. The van der Waals surface area contributed by atoms with Gasteiger partial charge in [-0.1, -0.05) is 31.5 Å². The van der Waals surface area contributed by atoms with Crippen LogP contribution in [-0.4, -0.2) is 34.9 Å². The predicted molar refractivity (Wildman–Crippen MR) is 104 cm³/mol. The van der Waals surface area contributed by atoms with Gasteiger partial charge in [-0.05, 0) is 43.9 Å². The Morgan fingerprint density at radius 2 is 2.12 bits per heavy atom. The van der Waals surface area contributed by atoms with Crippen LogP contribution in [0.1, 0.15) is 43.1 Å². The number of halogens is 1. The average molecular weight is 379 g/mol. The molecule has 1 fully saturated rings. The fraction of sp³-hybridized carbons (Fsp3) is 0.474.